The van der Waals surface area contributed by atoms with Crippen molar-refractivity contribution in [1.29, 1.82) is 0 Å². The van der Waals surface area contributed by atoms with Crippen LogP contribution in [0.4, 0.5) is 0 Å². The topological polar surface area (TPSA) is 209 Å². The van der Waals surface area contributed by atoms with Crippen LogP contribution in [0, 0.1) is 0 Å². The van der Waals surface area contributed by atoms with Gasteiger partial charge in [0, 0.05) is 12.1 Å². The fourth-order valence-corrected chi connectivity index (χ4v) is 4.92. The van der Waals surface area contributed by atoms with Crippen molar-refractivity contribution >= 4 is 11.0 Å². The lowest BCUT2D eigenvalue weighted by Gasteiger charge is -2.40. The smallest absolute Gasteiger partial charge is 0.229 e. The highest BCUT2D eigenvalue weighted by atomic mass is 16.7. The molecule has 2 aromatic carbocycles. The Morgan fingerprint density at radius 3 is 2.10 bits per heavy atom. The van der Waals surface area contributed by atoms with Crippen molar-refractivity contribution in [2.45, 2.75) is 81.7 Å². The molecule has 0 spiro atoms. The molecule has 5 rings (SSSR count). The molecule has 13 nitrogen and oxygen atoms in total. The molecule has 6 unspecified atom stereocenters. The number of aliphatic hydroxyl groups excluding tert-OH is 6. The molecule has 3 heterocycles. The number of rotatable bonds is 6. The summed E-state index contributed by atoms with van der Waals surface area (Å²) in [6, 6.07) is 8.43. The van der Waals surface area contributed by atoms with Crippen LogP contribution in [0.5, 0.6) is 17.2 Å². The normalized spacial score (nSPS) is 34.0. The van der Waals surface area contributed by atoms with E-state index in [9.17, 15) is 40.5 Å². The second-order valence-electron chi connectivity index (χ2n) is 10.2. The van der Waals surface area contributed by atoms with Crippen LogP contribution in [0.15, 0.2) is 51.9 Å². The molecule has 13 heteroatoms. The highest BCUT2D eigenvalue weighted by Gasteiger charge is 2.45. The van der Waals surface area contributed by atoms with Gasteiger partial charge in [0.2, 0.25) is 18.0 Å². The number of aliphatic hydroxyl groups is 6. The van der Waals surface area contributed by atoms with Crippen LogP contribution in [0.25, 0.3) is 22.1 Å². The number of aromatic hydroxyl groups is 1. The Balaban J connectivity index is 1.58. The summed E-state index contributed by atoms with van der Waals surface area (Å²) in [4.78, 5) is 13.7. The van der Waals surface area contributed by atoms with E-state index < -0.39 is 66.8 Å². The van der Waals surface area contributed by atoms with Gasteiger partial charge in [-0.1, -0.05) is 19.1 Å². The molecule has 0 amide bonds. The van der Waals surface area contributed by atoms with Crippen molar-refractivity contribution in [3.63, 3.8) is 0 Å². The average molecular weight is 577 g/mol. The van der Waals surface area contributed by atoms with E-state index in [-0.39, 0.29) is 33.8 Å². The first-order chi connectivity index (χ1) is 19.5. The van der Waals surface area contributed by atoms with E-state index in [0.29, 0.717) is 12.0 Å². The Kier molecular flexibility index (Phi) is 8.23. The average Bonchev–Trinajstić information content (AvgIpc) is 2.95. The zero-order valence-corrected chi connectivity index (χ0v) is 22.1. The Morgan fingerprint density at radius 2 is 1.44 bits per heavy atom. The second-order valence-corrected chi connectivity index (χ2v) is 10.2. The van der Waals surface area contributed by atoms with Gasteiger partial charge in [-0.2, -0.15) is 0 Å². The Labute approximate surface area is 233 Å². The second kappa shape index (κ2) is 11.5. The van der Waals surface area contributed by atoms with Crippen molar-refractivity contribution < 1.29 is 59.1 Å². The van der Waals surface area contributed by atoms with E-state index in [0.717, 1.165) is 0 Å². The highest BCUT2D eigenvalue weighted by molar-refractivity contribution is 5.88. The molecular formula is C28H32O13. The Bertz CT molecular complexity index is 1420. The third-order valence-electron chi connectivity index (χ3n) is 7.37. The summed E-state index contributed by atoms with van der Waals surface area (Å²) in [5, 5.41) is 71.4. The van der Waals surface area contributed by atoms with E-state index in [1.54, 1.807) is 6.92 Å². The van der Waals surface area contributed by atoms with Gasteiger partial charge in [-0.05, 0) is 31.0 Å². The largest absolute Gasteiger partial charge is 0.508 e. The molecule has 0 bridgehead atoms. The van der Waals surface area contributed by atoms with Crippen molar-refractivity contribution in [2.75, 3.05) is 0 Å². The van der Waals surface area contributed by atoms with E-state index in [1.807, 2.05) is 0 Å². The van der Waals surface area contributed by atoms with Crippen molar-refractivity contribution in [1.82, 2.24) is 0 Å². The first-order valence-corrected chi connectivity index (χ1v) is 13.1. The molecule has 41 heavy (non-hydrogen) atoms. The number of fused-ring (bicyclic) bond motifs is 1. The quantitative estimate of drug-likeness (QED) is 0.206. The number of hydrogen-bond donors (Lipinski definition) is 7. The molecule has 0 aliphatic carbocycles. The van der Waals surface area contributed by atoms with Crippen LogP contribution in [0.1, 0.15) is 20.3 Å². The van der Waals surface area contributed by atoms with E-state index in [2.05, 4.69) is 0 Å². The molecule has 0 saturated carbocycles. The molecule has 2 fully saturated rings. The lowest BCUT2D eigenvalue weighted by atomic mass is 9.97. The number of benzene rings is 2. The minimum atomic E-state index is -1.70. The number of hydrogen-bond acceptors (Lipinski definition) is 13. The van der Waals surface area contributed by atoms with Gasteiger partial charge in [-0.3, -0.25) is 4.79 Å². The van der Waals surface area contributed by atoms with Gasteiger partial charge in [0.15, 0.2) is 0 Å². The maximum Gasteiger partial charge on any atom is 0.229 e. The monoisotopic (exact) mass is 576 g/mol. The maximum atomic E-state index is 13.7. The predicted molar refractivity (Wildman–Crippen MR) is 140 cm³/mol. The zero-order valence-electron chi connectivity index (χ0n) is 22.1. The van der Waals surface area contributed by atoms with Crippen molar-refractivity contribution in [3.8, 4) is 28.4 Å². The molecule has 3 aromatic rings. The van der Waals surface area contributed by atoms with Crippen LogP contribution in [-0.4, -0.2) is 97.2 Å². The molecule has 2 aliphatic rings. The van der Waals surface area contributed by atoms with Gasteiger partial charge < -0.3 is 59.1 Å². The highest BCUT2D eigenvalue weighted by Crippen LogP contribution is 2.36. The number of ether oxygens (including phenoxy) is 4. The van der Waals surface area contributed by atoms with Crippen LogP contribution in [-0.2, 0) is 9.47 Å². The van der Waals surface area contributed by atoms with Crippen molar-refractivity contribution in [3.05, 3.63) is 52.9 Å². The maximum absolute atomic E-state index is 13.7. The SMILES string of the molecule is CCC1O[C@@H](Oc2cc(O[C@@H]3OC(C)[C@H](O)C(O)C3O)c3c(=O)c(-c4ccc(O)cc4)coc3c2)C(O)C(O)[C@H]1O. The molecule has 10 atom stereocenters. The van der Waals surface area contributed by atoms with Gasteiger partial charge in [-0.15, -0.1) is 0 Å². The summed E-state index contributed by atoms with van der Waals surface area (Å²) in [5.74, 6) is -0.225. The third-order valence-corrected chi connectivity index (χ3v) is 7.37. The predicted octanol–water partition coefficient (Wildman–Crippen LogP) is -0.0317. The Hall–Kier alpha value is -3.27. The summed E-state index contributed by atoms with van der Waals surface area (Å²) < 4.78 is 28.6. The van der Waals surface area contributed by atoms with E-state index in [1.165, 1.54) is 49.6 Å². The minimum Gasteiger partial charge on any atom is -0.508 e. The van der Waals surface area contributed by atoms with Crippen LogP contribution in [0.3, 0.4) is 0 Å². The summed E-state index contributed by atoms with van der Waals surface area (Å²) in [6.45, 7) is 3.19. The summed E-state index contributed by atoms with van der Waals surface area (Å²) >= 11 is 0. The van der Waals surface area contributed by atoms with Crippen LogP contribution < -0.4 is 14.9 Å². The Morgan fingerprint density at radius 1 is 0.805 bits per heavy atom. The molecule has 222 valence electrons. The fourth-order valence-electron chi connectivity index (χ4n) is 4.92. The number of phenolic OH excluding ortho intramolecular Hbond substituents is 1. The van der Waals surface area contributed by atoms with Crippen molar-refractivity contribution in [2.24, 2.45) is 0 Å². The third kappa shape index (κ3) is 5.50. The first kappa shape index (κ1) is 29.2. The van der Waals surface area contributed by atoms with E-state index >= 15 is 0 Å². The van der Waals surface area contributed by atoms with Gasteiger partial charge in [0.05, 0.1) is 17.8 Å². The fraction of sp³-hybridized carbons (Fsp3) is 0.464. The lowest BCUT2D eigenvalue weighted by molar-refractivity contribution is -0.272. The van der Waals surface area contributed by atoms with Crippen LogP contribution >= 0.6 is 0 Å². The van der Waals surface area contributed by atoms with Gasteiger partial charge in [0.25, 0.3) is 0 Å². The minimum absolute atomic E-state index is 0.00175. The van der Waals surface area contributed by atoms with Gasteiger partial charge in [0.1, 0.15) is 71.1 Å². The number of phenols is 1. The van der Waals surface area contributed by atoms with E-state index in [4.69, 9.17) is 23.4 Å². The van der Waals surface area contributed by atoms with Gasteiger partial charge in [-0.25, -0.2) is 0 Å². The summed E-state index contributed by atoms with van der Waals surface area (Å²) in [6.07, 6.45) is -12.4. The summed E-state index contributed by atoms with van der Waals surface area (Å²) in [5.41, 5.74) is -0.0144. The standard InChI is InChI=1S/C28H32O13/c1-3-16-22(32)24(34)26(36)28(40-16)39-14-8-17-19(21(31)15(10-37-17)12-4-6-13(29)7-5-12)18(9-14)41-27-25(35)23(33)20(30)11(2)38-27/h4-11,16,20,22-30,32-36H,3H2,1-2H3/t11?,16?,20-,22-,23?,24?,25?,26?,27-,28+/m0/s1. The molecule has 2 aliphatic heterocycles. The zero-order chi connectivity index (χ0) is 29.6. The van der Waals surface area contributed by atoms with Crippen LogP contribution in [0.2, 0.25) is 0 Å². The molecule has 1 aromatic heterocycles. The molecular weight excluding hydrogens is 544 g/mol. The molecule has 7 N–H and O–H groups in total. The molecule has 2 saturated heterocycles. The lowest BCUT2D eigenvalue weighted by Crippen LogP contribution is -2.59. The van der Waals surface area contributed by atoms with Gasteiger partial charge >= 0.3 is 0 Å². The summed E-state index contributed by atoms with van der Waals surface area (Å²) in [7, 11) is 0. The molecule has 0 radical (unpaired) electrons. The first-order valence-electron chi connectivity index (χ1n) is 13.1.